The first-order valence-corrected chi connectivity index (χ1v) is 8.87. The van der Waals surface area contributed by atoms with Gasteiger partial charge in [-0.25, -0.2) is 0 Å². The third-order valence-corrected chi connectivity index (χ3v) is 4.09. The number of hydrogen-bond donors (Lipinski definition) is 1. The number of carbonyl (C=O) groups is 1. The van der Waals surface area contributed by atoms with Crippen LogP contribution in [0.25, 0.3) is 10.8 Å². The van der Waals surface area contributed by atoms with Crippen molar-refractivity contribution in [2.75, 3.05) is 13.2 Å². The van der Waals surface area contributed by atoms with Gasteiger partial charge in [0.05, 0.1) is 6.61 Å². The van der Waals surface area contributed by atoms with E-state index in [9.17, 15) is 4.79 Å². The Morgan fingerprint density at radius 3 is 2.54 bits per heavy atom. The van der Waals surface area contributed by atoms with Crippen LogP contribution in [0, 0.1) is 0 Å². The summed E-state index contributed by atoms with van der Waals surface area (Å²) in [6.07, 6.45) is 0. The van der Waals surface area contributed by atoms with E-state index in [1.54, 1.807) is 6.07 Å². The lowest BCUT2D eigenvalue weighted by Gasteiger charge is -2.14. The van der Waals surface area contributed by atoms with Gasteiger partial charge in [-0.2, -0.15) is 0 Å². The first-order chi connectivity index (χ1) is 12.7. The molecule has 0 heterocycles. The minimum Gasteiger partial charge on any atom is -0.493 e. The Morgan fingerprint density at radius 1 is 0.923 bits per heavy atom. The van der Waals surface area contributed by atoms with Crippen molar-refractivity contribution in [2.24, 2.45) is 0 Å². The van der Waals surface area contributed by atoms with Crippen LogP contribution >= 0.6 is 0 Å². The molecule has 0 aliphatic carbocycles. The van der Waals surface area contributed by atoms with E-state index in [0.717, 1.165) is 27.8 Å². The second kappa shape index (κ2) is 8.39. The van der Waals surface area contributed by atoms with Crippen LogP contribution < -0.4 is 14.8 Å². The zero-order chi connectivity index (χ0) is 18.4. The number of fused-ring (bicyclic) bond motifs is 1. The summed E-state index contributed by atoms with van der Waals surface area (Å²) in [4.78, 5) is 12.1. The summed E-state index contributed by atoms with van der Waals surface area (Å²) in [7, 11) is 0. The second-order valence-electron chi connectivity index (χ2n) is 5.88. The van der Waals surface area contributed by atoms with Gasteiger partial charge in [-0.05, 0) is 43.5 Å². The summed E-state index contributed by atoms with van der Waals surface area (Å²) in [5.41, 5.74) is 1.45. The molecule has 0 spiro atoms. The molecule has 1 amide bonds. The lowest BCUT2D eigenvalue weighted by atomic mass is 10.1. The molecular weight excluding hydrogens is 326 g/mol. The first-order valence-electron chi connectivity index (χ1n) is 8.87. The lowest BCUT2D eigenvalue weighted by molar-refractivity contribution is 0.0955. The maximum absolute atomic E-state index is 12.1. The van der Waals surface area contributed by atoms with Gasteiger partial charge in [0.2, 0.25) is 0 Å². The number of hydrogen-bond acceptors (Lipinski definition) is 3. The van der Waals surface area contributed by atoms with Crippen molar-refractivity contribution >= 4 is 16.7 Å². The van der Waals surface area contributed by atoms with Crippen LogP contribution in [0.4, 0.5) is 0 Å². The fourth-order valence-corrected chi connectivity index (χ4v) is 2.87. The molecular formula is C22H23NO3. The fourth-order valence-electron chi connectivity index (χ4n) is 2.87. The smallest absolute Gasteiger partial charge is 0.251 e. The molecule has 0 saturated carbocycles. The van der Waals surface area contributed by atoms with Crippen LogP contribution in [0.1, 0.15) is 29.8 Å². The van der Waals surface area contributed by atoms with E-state index in [0.29, 0.717) is 25.3 Å². The molecule has 134 valence electrons. The molecule has 4 heteroatoms. The topological polar surface area (TPSA) is 47.6 Å². The number of nitrogens with one attached hydrogen (secondary N) is 1. The molecule has 3 aromatic carbocycles. The highest BCUT2D eigenvalue weighted by molar-refractivity contribution is 5.94. The SMILES string of the molecule is CCNC(=O)c1ccc(OCC)c(COc2cccc3ccccc23)c1. The van der Waals surface area contributed by atoms with Crippen LogP contribution in [0.2, 0.25) is 0 Å². The normalized spacial score (nSPS) is 10.5. The molecule has 0 fully saturated rings. The summed E-state index contributed by atoms with van der Waals surface area (Å²) >= 11 is 0. The van der Waals surface area contributed by atoms with Crippen LogP contribution in [0.3, 0.4) is 0 Å². The van der Waals surface area contributed by atoms with Crippen molar-refractivity contribution in [2.45, 2.75) is 20.5 Å². The van der Waals surface area contributed by atoms with Gasteiger partial charge in [-0.15, -0.1) is 0 Å². The molecule has 0 aromatic heterocycles. The molecule has 4 nitrogen and oxygen atoms in total. The molecule has 0 aliphatic rings. The van der Waals surface area contributed by atoms with Crippen molar-refractivity contribution in [1.29, 1.82) is 0 Å². The van der Waals surface area contributed by atoms with Crippen LogP contribution in [-0.4, -0.2) is 19.1 Å². The Bertz CT molecular complexity index is 900. The monoisotopic (exact) mass is 349 g/mol. The van der Waals surface area contributed by atoms with Gasteiger partial charge >= 0.3 is 0 Å². The van der Waals surface area contributed by atoms with Crippen molar-refractivity contribution in [3.05, 3.63) is 71.8 Å². The predicted octanol–water partition coefficient (Wildman–Crippen LogP) is 4.57. The number of benzene rings is 3. The number of ether oxygens (including phenoxy) is 2. The highest BCUT2D eigenvalue weighted by Gasteiger charge is 2.11. The average Bonchev–Trinajstić information content (AvgIpc) is 2.67. The van der Waals surface area contributed by atoms with Crippen molar-refractivity contribution in [3.63, 3.8) is 0 Å². The zero-order valence-corrected chi connectivity index (χ0v) is 15.1. The quantitative estimate of drug-likeness (QED) is 0.680. The highest BCUT2D eigenvalue weighted by Crippen LogP contribution is 2.28. The minimum absolute atomic E-state index is 0.0954. The molecule has 0 saturated heterocycles. The van der Waals surface area contributed by atoms with Crippen LogP contribution in [0.5, 0.6) is 11.5 Å². The largest absolute Gasteiger partial charge is 0.493 e. The number of rotatable bonds is 7. The van der Waals surface area contributed by atoms with Gasteiger partial charge < -0.3 is 14.8 Å². The molecule has 26 heavy (non-hydrogen) atoms. The summed E-state index contributed by atoms with van der Waals surface area (Å²) in [6.45, 7) is 5.32. The van der Waals surface area contributed by atoms with E-state index in [4.69, 9.17) is 9.47 Å². The maximum Gasteiger partial charge on any atom is 0.251 e. The van der Waals surface area contributed by atoms with E-state index in [-0.39, 0.29) is 5.91 Å². The van der Waals surface area contributed by atoms with Gasteiger partial charge in [0.25, 0.3) is 5.91 Å². The molecule has 0 bridgehead atoms. The van der Waals surface area contributed by atoms with Gasteiger partial charge in [0.1, 0.15) is 18.1 Å². The number of amides is 1. The molecule has 0 aliphatic heterocycles. The molecule has 3 aromatic rings. The fraction of sp³-hybridized carbons (Fsp3) is 0.227. The molecule has 0 radical (unpaired) electrons. The third kappa shape index (κ3) is 3.97. The van der Waals surface area contributed by atoms with Gasteiger partial charge in [-0.1, -0.05) is 36.4 Å². The minimum atomic E-state index is -0.0954. The van der Waals surface area contributed by atoms with E-state index >= 15 is 0 Å². The van der Waals surface area contributed by atoms with E-state index in [1.807, 2.05) is 56.3 Å². The van der Waals surface area contributed by atoms with Crippen LogP contribution in [-0.2, 0) is 6.61 Å². The van der Waals surface area contributed by atoms with E-state index in [2.05, 4.69) is 17.4 Å². The molecule has 3 rings (SSSR count). The van der Waals surface area contributed by atoms with Gasteiger partial charge in [-0.3, -0.25) is 4.79 Å². The average molecular weight is 349 g/mol. The van der Waals surface area contributed by atoms with Crippen molar-refractivity contribution in [1.82, 2.24) is 5.32 Å². The Morgan fingerprint density at radius 2 is 1.73 bits per heavy atom. The summed E-state index contributed by atoms with van der Waals surface area (Å²) in [5.74, 6) is 1.46. The standard InChI is InChI=1S/C22H23NO3/c1-3-23-22(24)17-12-13-20(25-4-2)18(14-17)15-26-21-11-7-9-16-8-5-6-10-19(16)21/h5-14H,3-4,15H2,1-2H3,(H,23,24). The summed E-state index contributed by atoms with van der Waals surface area (Å²) in [6, 6.07) is 19.5. The van der Waals surface area contributed by atoms with E-state index < -0.39 is 0 Å². The van der Waals surface area contributed by atoms with E-state index in [1.165, 1.54) is 0 Å². The lowest BCUT2D eigenvalue weighted by Crippen LogP contribution is -2.22. The first kappa shape index (κ1) is 17.8. The van der Waals surface area contributed by atoms with Crippen molar-refractivity contribution in [3.8, 4) is 11.5 Å². The van der Waals surface area contributed by atoms with Gasteiger partial charge in [0, 0.05) is 23.1 Å². The molecule has 0 unspecified atom stereocenters. The van der Waals surface area contributed by atoms with Crippen LogP contribution in [0.15, 0.2) is 60.7 Å². The predicted molar refractivity (Wildman–Crippen MR) is 104 cm³/mol. The maximum atomic E-state index is 12.1. The second-order valence-corrected chi connectivity index (χ2v) is 5.88. The Kier molecular flexibility index (Phi) is 5.74. The Balaban J connectivity index is 1.87. The summed E-state index contributed by atoms with van der Waals surface area (Å²) in [5, 5.41) is 5.01. The highest BCUT2D eigenvalue weighted by atomic mass is 16.5. The van der Waals surface area contributed by atoms with Crippen molar-refractivity contribution < 1.29 is 14.3 Å². The Labute approximate surface area is 153 Å². The summed E-state index contributed by atoms with van der Waals surface area (Å²) < 4.78 is 11.8. The van der Waals surface area contributed by atoms with Gasteiger partial charge in [0.15, 0.2) is 0 Å². The zero-order valence-electron chi connectivity index (χ0n) is 15.1. The number of carbonyl (C=O) groups excluding carboxylic acids is 1. The molecule has 0 atom stereocenters. The third-order valence-electron chi connectivity index (χ3n) is 4.09. The molecule has 1 N–H and O–H groups in total. The Hall–Kier alpha value is -3.01.